The highest BCUT2D eigenvalue weighted by Gasteiger charge is 2.33. The van der Waals surface area contributed by atoms with Crippen molar-refractivity contribution >= 4 is 33.3 Å². The third-order valence-electron chi connectivity index (χ3n) is 5.67. The Hall–Kier alpha value is -2.52. The molecule has 2 aliphatic rings. The van der Waals surface area contributed by atoms with Gasteiger partial charge in [-0.3, -0.25) is 19.6 Å². The first kappa shape index (κ1) is 21.7. The number of halogens is 1. The van der Waals surface area contributed by atoms with Gasteiger partial charge in [0.05, 0.1) is 40.5 Å². The summed E-state index contributed by atoms with van der Waals surface area (Å²) in [6.45, 7) is 1.60. The van der Waals surface area contributed by atoms with Crippen molar-refractivity contribution in [2.75, 3.05) is 26.0 Å². The molecule has 2 aromatic rings. The molecule has 1 aromatic heterocycles. The lowest BCUT2D eigenvalue weighted by atomic mass is 9.95. The quantitative estimate of drug-likeness (QED) is 0.605. The second-order valence-electron chi connectivity index (χ2n) is 8.03. The van der Waals surface area contributed by atoms with E-state index in [1.54, 1.807) is 23.4 Å². The third-order valence-corrected chi connectivity index (χ3v) is 7.09. The predicted molar refractivity (Wildman–Crippen MR) is 113 cm³/mol. The lowest BCUT2D eigenvalue weighted by molar-refractivity contribution is -0.138. The summed E-state index contributed by atoms with van der Waals surface area (Å²) in [6, 6.07) is 4.52. The van der Waals surface area contributed by atoms with Crippen LogP contribution in [0.15, 0.2) is 35.5 Å². The van der Waals surface area contributed by atoms with Gasteiger partial charge in [0.25, 0.3) is 0 Å². The molecule has 0 bridgehead atoms. The van der Waals surface area contributed by atoms with Gasteiger partial charge in [-0.05, 0) is 24.6 Å². The maximum atomic E-state index is 12.3. The molecule has 1 atom stereocenters. The van der Waals surface area contributed by atoms with Crippen LogP contribution in [-0.4, -0.2) is 61.1 Å². The van der Waals surface area contributed by atoms with Crippen LogP contribution in [0.4, 0.5) is 0 Å². The van der Waals surface area contributed by atoms with Crippen LogP contribution < -0.4 is 0 Å². The number of sulfone groups is 1. The van der Waals surface area contributed by atoms with E-state index >= 15 is 0 Å². The van der Waals surface area contributed by atoms with Crippen molar-refractivity contribution in [1.29, 1.82) is 0 Å². The van der Waals surface area contributed by atoms with Gasteiger partial charge < -0.3 is 9.64 Å². The minimum Gasteiger partial charge on any atom is -0.465 e. The molecular formula is C21H22ClN3O5S. The van der Waals surface area contributed by atoms with Crippen molar-refractivity contribution in [1.82, 2.24) is 14.9 Å². The average Bonchev–Trinajstić information content (AvgIpc) is 3.10. The van der Waals surface area contributed by atoms with Crippen molar-refractivity contribution in [2.24, 2.45) is 5.92 Å². The van der Waals surface area contributed by atoms with E-state index in [-0.39, 0.29) is 28.6 Å². The number of cyclic esters (lactones) is 1. The predicted octanol–water partition coefficient (Wildman–Crippen LogP) is 2.47. The maximum Gasteiger partial charge on any atom is 0.306 e. The topological polar surface area (TPSA) is 107 Å². The summed E-state index contributed by atoms with van der Waals surface area (Å²) in [5.41, 5.74) is 1.95. The largest absolute Gasteiger partial charge is 0.465 e. The normalized spacial score (nSPS) is 19.2. The summed E-state index contributed by atoms with van der Waals surface area (Å²) >= 11 is 6.25. The molecule has 2 aliphatic heterocycles. The molecule has 164 valence electrons. The van der Waals surface area contributed by atoms with Crippen molar-refractivity contribution in [2.45, 2.75) is 30.1 Å². The van der Waals surface area contributed by atoms with Gasteiger partial charge in [0.2, 0.25) is 5.91 Å². The van der Waals surface area contributed by atoms with Crippen LogP contribution in [0.1, 0.15) is 30.9 Å². The molecule has 0 spiro atoms. The highest BCUT2D eigenvalue weighted by molar-refractivity contribution is 7.90. The molecule has 8 nitrogen and oxygen atoms in total. The highest BCUT2D eigenvalue weighted by atomic mass is 35.5. The Labute approximate surface area is 185 Å². The van der Waals surface area contributed by atoms with Gasteiger partial charge >= 0.3 is 5.97 Å². The summed E-state index contributed by atoms with van der Waals surface area (Å²) in [6.07, 6.45) is 5.89. The number of benzene rings is 1. The number of carbonyl (C=O) groups excluding carboxylic acids is 2. The standard InChI is InChI=1S/C21H22ClN3O5S/c1-31(28,29)15-3-4-16(17(22)7-15)19-9-23-18(8-24-19)14-10-25(11-14)20(26)5-2-13-6-21(27)30-12-13/h3-4,7-9,13-14H,2,5-6,10-12H2,1H3/t13-/m0/s1. The molecule has 0 radical (unpaired) electrons. The molecule has 0 N–H and O–H groups in total. The van der Waals surface area contributed by atoms with Crippen LogP contribution in [0, 0.1) is 5.92 Å². The number of ether oxygens (including phenoxy) is 1. The molecule has 1 amide bonds. The lowest BCUT2D eigenvalue weighted by Crippen LogP contribution is -2.48. The Bertz CT molecular complexity index is 1110. The Morgan fingerprint density at radius 3 is 2.61 bits per heavy atom. The second kappa shape index (κ2) is 8.55. The monoisotopic (exact) mass is 463 g/mol. The number of nitrogens with zero attached hydrogens (tertiary/aromatic N) is 3. The summed E-state index contributed by atoms with van der Waals surface area (Å²) in [5.74, 6) is 0.171. The zero-order valence-electron chi connectivity index (χ0n) is 17.0. The lowest BCUT2D eigenvalue weighted by Gasteiger charge is -2.39. The Kier molecular flexibility index (Phi) is 5.98. The van der Waals surface area contributed by atoms with Crippen molar-refractivity contribution in [3.63, 3.8) is 0 Å². The molecular weight excluding hydrogens is 442 g/mol. The molecule has 3 heterocycles. The van der Waals surface area contributed by atoms with Crippen molar-refractivity contribution < 1.29 is 22.7 Å². The van der Waals surface area contributed by atoms with Crippen LogP contribution in [-0.2, 0) is 24.2 Å². The fourth-order valence-corrected chi connectivity index (χ4v) is 4.72. The number of likely N-dealkylation sites (tertiary alicyclic amines) is 1. The number of carbonyl (C=O) groups is 2. The number of amides is 1. The minimum absolute atomic E-state index is 0.0814. The molecule has 0 saturated carbocycles. The molecule has 4 rings (SSSR count). The van der Waals surface area contributed by atoms with Crippen LogP contribution in [0.2, 0.25) is 5.02 Å². The smallest absolute Gasteiger partial charge is 0.306 e. The number of rotatable bonds is 6. The van der Waals surface area contributed by atoms with E-state index in [0.29, 0.717) is 55.2 Å². The highest BCUT2D eigenvalue weighted by Crippen LogP contribution is 2.31. The van der Waals surface area contributed by atoms with Gasteiger partial charge in [-0.15, -0.1) is 0 Å². The van der Waals surface area contributed by atoms with E-state index in [1.807, 2.05) is 0 Å². The maximum absolute atomic E-state index is 12.3. The van der Waals surface area contributed by atoms with Crippen LogP contribution in [0.3, 0.4) is 0 Å². The molecule has 31 heavy (non-hydrogen) atoms. The minimum atomic E-state index is -3.34. The molecule has 0 aliphatic carbocycles. The summed E-state index contributed by atoms with van der Waals surface area (Å²) in [4.78, 5) is 34.3. The van der Waals surface area contributed by atoms with E-state index in [2.05, 4.69) is 9.97 Å². The van der Waals surface area contributed by atoms with Gasteiger partial charge in [0, 0.05) is 49.4 Å². The van der Waals surface area contributed by atoms with E-state index in [1.165, 1.54) is 12.1 Å². The Morgan fingerprint density at radius 1 is 1.26 bits per heavy atom. The van der Waals surface area contributed by atoms with E-state index < -0.39 is 9.84 Å². The van der Waals surface area contributed by atoms with Crippen LogP contribution >= 0.6 is 11.6 Å². The summed E-state index contributed by atoms with van der Waals surface area (Å²) in [7, 11) is -3.34. The Balaban J connectivity index is 1.32. The van der Waals surface area contributed by atoms with Gasteiger partial charge in [-0.1, -0.05) is 11.6 Å². The fraction of sp³-hybridized carbons (Fsp3) is 0.429. The zero-order chi connectivity index (χ0) is 22.2. The van der Waals surface area contributed by atoms with E-state index in [0.717, 1.165) is 11.9 Å². The average molecular weight is 464 g/mol. The van der Waals surface area contributed by atoms with Gasteiger partial charge in [0.1, 0.15) is 0 Å². The molecule has 10 heteroatoms. The number of aromatic nitrogens is 2. The second-order valence-corrected chi connectivity index (χ2v) is 10.5. The summed E-state index contributed by atoms with van der Waals surface area (Å²) < 4.78 is 28.2. The fourth-order valence-electron chi connectivity index (χ4n) is 3.73. The van der Waals surface area contributed by atoms with Gasteiger partial charge in [-0.2, -0.15) is 0 Å². The molecule has 2 fully saturated rings. The Morgan fingerprint density at radius 2 is 2.03 bits per heavy atom. The first-order valence-electron chi connectivity index (χ1n) is 9.96. The summed E-state index contributed by atoms with van der Waals surface area (Å²) in [5, 5.41) is 0.291. The molecule has 0 unspecified atom stereocenters. The van der Waals surface area contributed by atoms with Crippen molar-refractivity contribution in [3.8, 4) is 11.3 Å². The van der Waals surface area contributed by atoms with E-state index in [9.17, 15) is 18.0 Å². The molecule has 2 saturated heterocycles. The SMILES string of the molecule is CS(=O)(=O)c1ccc(-c2cnc(C3CN(C(=O)CC[C@@H]4COC(=O)C4)C3)cn2)c(Cl)c1. The van der Waals surface area contributed by atoms with Gasteiger partial charge in [0.15, 0.2) is 9.84 Å². The number of hydrogen-bond acceptors (Lipinski definition) is 7. The third kappa shape index (κ3) is 4.88. The first-order valence-corrected chi connectivity index (χ1v) is 12.2. The first-order chi connectivity index (χ1) is 14.7. The van der Waals surface area contributed by atoms with Crippen molar-refractivity contribution in [3.05, 3.63) is 41.3 Å². The number of hydrogen-bond donors (Lipinski definition) is 0. The molecule has 1 aromatic carbocycles. The van der Waals surface area contributed by atoms with Gasteiger partial charge in [-0.25, -0.2) is 8.42 Å². The van der Waals surface area contributed by atoms with Crippen LogP contribution in [0.25, 0.3) is 11.3 Å². The number of esters is 1. The zero-order valence-corrected chi connectivity index (χ0v) is 18.5. The van der Waals surface area contributed by atoms with E-state index in [4.69, 9.17) is 16.3 Å². The van der Waals surface area contributed by atoms with Crippen LogP contribution in [0.5, 0.6) is 0 Å².